The van der Waals surface area contributed by atoms with Crippen molar-refractivity contribution in [1.29, 1.82) is 0 Å². The van der Waals surface area contributed by atoms with E-state index in [1.807, 2.05) is 0 Å². The number of hydrogen-bond donors (Lipinski definition) is 1. The van der Waals surface area contributed by atoms with E-state index in [0.717, 1.165) is 6.92 Å². The van der Waals surface area contributed by atoms with Crippen molar-refractivity contribution < 1.29 is 9.90 Å². The fourth-order valence-corrected chi connectivity index (χ4v) is 8.64. The first-order valence-electron chi connectivity index (χ1n) is 9.05. The fraction of sp³-hybridized carbons (Fsp3) is 0.208. The van der Waals surface area contributed by atoms with Crippen molar-refractivity contribution in [2.24, 2.45) is 0 Å². The van der Waals surface area contributed by atoms with Gasteiger partial charge in [-0.15, -0.1) is 0 Å². The molecule has 0 spiro atoms. The first kappa shape index (κ1) is 20.9. The van der Waals surface area contributed by atoms with Crippen LogP contribution in [0.5, 0.6) is 0 Å². The lowest BCUT2D eigenvalue weighted by Crippen LogP contribution is -2.42. The van der Waals surface area contributed by atoms with Gasteiger partial charge in [0, 0.05) is 6.92 Å². The number of aliphatic carboxylic acids is 1. The van der Waals surface area contributed by atoms with Crippen LogP contribution in [0.15, 0.2) is 91.0 Å². The van der Waals surface area contributed by atoms with Gasteiger partial charge >= 0.3 is 0 Å². The van der Waals surface area contributed by atoms with E-state index < -0.39 is 13.2 Å². The molecule has 1 N–H and O–H groups in total. The second kappa shape index (κ2) is 8.97. The first-order valence-corrected chi connectivity index (χ1v) is 10.8. The molecule has 27 heavy (non-hydrogen) atoms. The molecule has 2 nitrogen and oxygen atoms in total. The molecule has 0 aliphatic rings. The minimum absolute atomic E-state index is 0.136. The number of carboxylic acids is 1. The average molecular weight is 379 g/mol. The molecule has 0 bridgehead atoms. The Kier molecular flexibility index (Phi) is 6.93. The van der Waals surface area contributed by atoms with Crippen LogP contribution in [0, 0.1) is 0 Å². The molecule has 3 heteroatoms. The molecular weight excluding hydrogens is 351 g/mol. The second-order valence-corrected chi connectivity index (χ2v) is 11.6. The molecule has 140 valence electrons. The molecule has 0 radical (unpaired) electrons. The summed E-state index contributed by atoms with van der Waals surface area (Å²) in [6, 6.07) is 33.2. The third-order valence-electron chi connectivity index (χ3n) is 4.44. The molecule has 0 aliphatic carbocycles. The van der Waals surface area contributed by atoms with Crippen molar-refractivity contribution in [1.82, 2.24) is 0 Å². The Hall–Kier alpha value is -2.44. The zero-order valence-electron chi connectivity index (χ0n) is 16.5. The molecule has 0 aliphatic heterocycles. The summed E-state index contributed by atoms with van der Waals surface area (Å²) in [6.07, 6.45) is 0. The zero-order chi connectivity index (χ0) is 19.9. The van der Waals surface area contributed by atoms with Crippen LogP contribution >= 0.6 is 7.26 Å². The Bertz CT molecular complexity index is 737. The van der Waals surface area contributed by atoms with Crippen LogP contribution in [-0.4, -0.2) is 16.2 Å². The Morgan fingerprint density at radius 3 is 1.07 bits per heavy atom. The van der Waals surface area contributed by atoms with Gasteiger partial charge in [0.15, 0.2) is 0 Å². The van der Waals surface area contributed by atoms with Gasteiger partial charge in [0.1, 0.15) is 23.2 Å². The Morgan fingerprint density at radius 1 is 0.667 bits per heavy atom. The molecule has 0 saturated heterocycles. The largest absolute Gasteiger partial charge is 0.481 e. The topological polar surface area (TPSA) is 37.3 Å². The number of carboxylic acid groups (broad SMARTS) is 1. The first-order chi connectivity index (χ1) is 12.8. The highest BCUT2D eigenvalue weighted by Crippen LogP contribution is 2.65. The zero-order valence-corrected chi connectivity index (χ0v) is 17.4. The Labute approximate surface area is 163 Å². The van der Waals surface area contributed by atoms with Gasteiger partial charge in [-0.3, -0.25) is 4.79 Å². The molecule has 3 aromatic rings. The highest BCUT2D eigenvalue weighted by atomic mass is 31.2. The summed E-state index contributed by atoms with van der Waals surface area (Å²) in [7, 11) is -1.74. The van der Waals surface area contributed by atoms with Crippen LogP contribution in [-0.2, 0) is 4.79 Å². The standard InChI is InChI=1S/C22H24P.C2H4O2/c1-22(2,3)23(19-13-7-4-8-14-19,20-15-9-5-10-16-20)21-17-11-6-12-18-21;1-2(3)4/h4-18H,1-3H3;1H3,(H,3,4)/q+1;. The summed E-state index contributed by atoms with van der Waals surface area (Å²) in [4.78, 5) is 9.00. The van der Waals surface area contributed by atoms with Gasteiger partial charge in [0.25, 0.3) is 5.97 Å². The SMILES string of the molecule is CC(=O)O.CC(C)(C)[P+](c1ccccc1)(c1ccccc1)c1ccccc1. The summed E-state index contributed by atoms with van der Waals surface area (Å²) in [5.41, 5.74) is 0. The monoisotopic (exact) mass is 379 g/mol. The maximum Gasteiger partial charge on any atom is 0.300 e. The van der Waals surface area contributed by atoms with Crippen LogP contribution in [0.3, 0.4) is 0 Å². The predicted octanol–water partition coefficient (Wildman–Crippen LogP) is 4.87. The van der Waals surface area contributed by atoms with Gasteiger partial charge in [-0.25, -0.2) is 0 Å². The lowest BCUT2D eigenvalue weighted by atomic mass is 10.2. The molecule has 3 aromatic carbocycles. The van der Waals surface area contributed by atoms with Gasteiger partial charge in [-0.1, -0.05) is 54.6 Å². The second-order valence-electron chi connectivity index (χ2n) is 7.37. The summed E-state index contributed by atoms with van der Waals surface area (Å²) < 4.78 is 0. The molecule has 0 unspecified atom stereocenters. The van der Waals surface area contributed by atoms with Gasteiger partial charge in [0.05, 0.1) is 5.16 Å². The van der Waals surface area contributed by atoms with Gasteiger partial charge in [0.2, 0.25) is 0 Å². The van der Waals surface area contributed by atoms with Crippen molar-refractivity contribution >= 4 is 29.1 Å². The smallest absolute Gasteiger partial charge is 0.300 e. The minimum Gasteiger partial charge on any atom is -0.481 e. The van der Waals surface area contributed by atoms with E-state index in [9.17, 15) is 0 Å². The number of rotatable bonds is 3. The Morgan fingerprint density at radius 2 is 0.889 bits per heavy atom. The molecule has 0 amide bonds. The average Bonchev–Trinajstić information content (AvgIpc) is 2.63. The lowest BCUT2D eigenvalue weighted by molar-refractivity contribution is -0.134. The summed E-state index contributed by atoms with van der Waals surface area (Å²) in [5.74, 6) is -0.833. The van der Waals surface area contributed by atoms with Gasteiger partial charge in [-0.05, 0) is 57.2 Å². The molecule has 0 atom stereocenters. The van der Waals surface area contributed by atoms with Crippen LogP contribution < -0.4 is 15.9 Å². The molecule has 0 fully saturated rings. The van der Waals surface area contributed by atoms with E-state index in [2.05, 4.69) is 112 Å². The lowest BCUT2D eigenvalue weighted by Gasteiger charge is -2.38. The quantitative estimate of drug-likeness (QED) is 0.659. The van der Waals surface area contributed by atoms with E-state index >= 15 is 0 Å². The predicted molar refractivity (Wildman–Crippen MR) is 118 cm³/mol. The normalized spacial score (nSPS) is 11.3. The van der Waals surface area contributed by atoms with Crippen LogP contribution in [0.1, 0.15) is 27.7 Å². The highest BCUT2D eigenvalue weighted by molar-refractivity contribution is 7.96. The Balaban J connectivity index is 0.000000596. The van der Waals surface area contributed by atoms with Crippen molar-refractivity contribution in [2.75, 3.05) is 0 Å². The number of carbonyl (C=O) groups is 1. The molecule has 0 heterocycles. The van der Waals surface area contributed by atoms with Gasteiger partial charge in [-0.2, -0.15) is 0 Å². The molecular formula is C24H28O2P+. The van der Waals surface area contributed by atoms with Crippen molar-refractivity contribution in [2.45, 2.75) is 32.9 Å². The van der Waals surface area contributed by atoms with Crippen LogP contribution in [0.4, 0.5) is 0 Å². The van der Waals surface area contributed by atoms with Crippen molar-refractivity contribution in [3.63, 3.8) is 0 Å². The van der Waals surface area contributed by atoms with Crippen molar-refractivity contribution in [3.05, 3.63) is 91.0 Å². The fourth-order valence-electron chi connectivity index (χ4n) is 3.56. The van der Waals surface area contributed by atoms with Crippen LogP contribution in [0.2, 0.25) is 0 Å². The highest BCUT2D eigenvalue weighted by Gasteiger charge is 2.54. The molecule has 3 rings (SSSR count). The number of hydrogen-bond acceptors (Lipinski definition) is 1. The van der Waals surface area contributed by atoms with Crippen LogP contribution in [0.25, 0.3) is 0 Å². The van der Waals surface area contributed by atoms with E-state index in [1.54, 1.807) is 0 Å². The minimum atomic E-state index is -1.74. The van der Waals surface area contributed by atoms with E-state index in [4.69, 9.17) is 9.90 Å². The summed E-state index contributed by atoms with van der Waals surface area (Å²) in [6.45, 7) is 8.23. The van der Waals surface area contributed by atoms with E-state index in [-0.39, 0.29) is 5.16 Å². The van der Waals surface area contributed by atoms with Gasteiger partial charge < -0.3 is 5.11 Å². The summed E-state index contributed by atoms with van der Waals surface area (Å²) in [5, 5.41) is 11.9. The third-order valence-corrected chi connectivity index (χ3v) is 9.67. The maximum absolute atomic E-state index is 9.00. The summed E-state index contributed by atoms with van der Waals surface area (Å²) >= 11 is 0. The molecule has 0 saturated carbocycles. The maximum atomic E-state index is 9.00. The van der Waals surface area contributed by atoms with E-state index in [1.165, 1.54) is 15.9 Å². The third kappa shape index (κ3) is 4.64. The van der Waals surface area contributed by atoms with E-state index in [0.29, 0.717) is 0 Å². The molecule has 0 aromatic heterocycles. The van der Waals surface area contributed by atoms with Crippen molar-refractivity contribution in [3.8, 4) is 0 Å². The number of benzene rings is 3.